The average Bonchev–Trinajstić information content (AvgIpc) is 3.31. The first-order valence-electron chi connectivity index (χ1n) is 12.2. The molecule has 1 fully saturated rings. The number of nitrogens with one attached hydrogen (secondary N) is 1. The molecule has 1 N–H and O–H groups in total. The fourth-order valence-electron chi connectivity index (χ4n) is 4.37. The Bertz CT molecular complexity index is 1040. The number of imidazole rings is 1. The molecule has 0 spiro atoms. The van der Waals surface area contributed by atoms with Gasteiger partial charge >= 0.3 is 0 Å². The number of alkyl halides is 1. The highest BCUT2D eigenvalue weighted by molar-refractivity contribution is 6.17. The number of nitrogens with zero attached hydrogens (tertiary/aromatic N) is 4. The molecule has 0 aliphatic carbocycles. The minimum Gasteiger partial charge on any atom is -0.368 e. The second-order valence-electron chi connectivity index (χ2n) is 8.74. The van der Waals surface area contributed by atoms with Crippen molar-refractivity contribution in [3.63, 3.8) is 0 Å². The van der Waals surface area contributed by atoms with E-state index in [9.17, 15) is 4.79 Å². The van der Waals surface area contributed by atoms with Crippen LogP contribution in [0.3, 0.4) is 0 Å². The van der Waals surface area contributed by atoms with Crippen molar-refractivity contribution in [3.8, 4) is 0 Å². The molecule has 0 unspecified atom stereocenters. The summed E-state index contributed by atoms with van der Waals surface area (Å²) >= 11 is 5.89. The van der Waals surface area contributed by atoms with E-state index in [1.54, 1.807) is 0 Å². The third-order valence-corrected chi connectivity index (χ3v) is 6.51. The Balaban J connectivity index is 1.27. The van der Waals surface area contributed by atoms with Crippen LogP contribution in [0.4, 0.5) is 11.4 Å². The van der Waals surface area contributed by atoms with Crippen molar-refractivity contribution in [2.24, 2.45) is 0 Å². The number of anilines is 2. The smallest absolute Gasteiger partial charge is 0.220 e. The van der Waals surface area contributed by atoms with Gasteiger partial charge < -0.3 is 19.7 Å². The molecule has 1 amide bonds. The van der Waals surface area contributed by atoms with Crippen molar-refractivity contribution >= 4 is 28.9 Å². The SMILES string of the molecule is CCCC(=O)NCc1ccc(N2CCN(c3ccc(Cn4ccnc4CCCl)cc3)CC2)cc1. The summed E-state index contributed by atoms with van der Waals surface area (Å²) in [7, 11) is 0. The van der Waals surface area contributed by atoms with Crippen LogP contribution < -0.4 is 15.1 Å². The molecule has 0 radical (unpaired) electrons. The fraction of sp³-hybridized carbons (Fsp3) is 0.407. The summed E-state index contributed by atoms with van der Waals surface area (Å²) in [6.45, 7) is 7.41. The summed E-state index contributed by atoms with van der Waals surface area (Å²) in [5, 5.41) is 2.98. The topological polar surface area (TPSA) is 53.4 Å². The number of benzene rings is 2. The normalized spacial score (nSPS) is 13.8. The number of hydrogen-bond donors (Lipinski definition) is 1. The van der Waals surface area contributed by atoms with Crippen LogP contribution >= 0.6 is 11.6 Å². The van der Waals surface area contributed by atoms with Crippen LogP contribution in [0.5, 0.6) is 0 Å². The lowest BCUT2D eigenvalue weighted by Gasteiger charge is -2.37. The zero-order valence-corrected chi connectivity index (χ0v) is 20.7. The van der Waals surface area contributed by atoms with Crippen LogP contribution in [0.2, 0.25) is 0 Å². The Morgan fingerprint density at radius 1 is 0.941 bits per heavy atom. The van der Waals surface area contributed by atoms with Crippen molar-refractivity contribution in [3.05, 3.63) is 77.9 Å². The molecule has 180 valence electrons. The molecule has 6 nitrogen and oxygen atoms in total. The van der Waals surface area contributed by atoms with Crippen molar-refractivity contribution in [2.45, 2.75) is 39.3 Å². The van der Waals surface area contributed by atoms with Crippen LogP contribution in [0.1, 0.15) is 36.7 Å². The molecule has 2 aromatic carbocycles. The van der Waals surface area contributed by atoms with Crippen molar-refractivity contribution in [2.75, 3.05) is 41.9 Å². The van der Waals surface area contributed by atoms with E-state index in [0.717, 1.165) is 57.0 Å². The van der Waals surface area contributed by atoms with Crippen molar-refractivity contribution in [1.82, 2.24) is 14.9 Å². The van der Waals surface area contributed by atoms with Gasteiger partial charge in [0, 0.05) is 81.8 Å². The van der Waals surface area contributed by atoms with Gasteiger partial charge in [0.1, 0.15) is 5.82 Å². The monoisotopic (exact) mass is 479 g/mol. The van der Waals surface area contributed by atoms with E-state index < -0.39 is 0 Å². The van der Waals surface area contributed by atoms with Gasteiger partial charge in [-0.25, -0.2) is 4.98 Å². The van der Waals surface area contributed by atoms with Crippen LogP contribution in [0, 0.1) is 0 Å². The van der Waals surface area contributed by atoms with Gasteiger partial charge in [0.15, 0.2) is 0 Å². The van der Waals surface area contributed by atoms with Gasteiger partial charge in [-0.1, -0.05) is 31.2 Å². The molecule has 1 aliphatic rings. The number of hydrogen-bond acceptors (Lipinski definition) is 4. The standard InChI is InChI=1S/C27H34ClN5O/c1-2-3-27(34)30-20-22-4-8-24(9-5-22)31-16-18-32(19-17-31)25-10-6-23(7-11-25)21-33-15-14-29-26(33)12-13-28/h4-11,14-15H,2-3,12-13,16-21H2,1H3,(H,30,34). The number of carbonyl (C=O) groups excluding carboxylic acids is 1. The molecule has 0 bridgehead atoms. The van der Waals surface area contributed by atoms with E-state index in [1.807, 2.05) is 19.3 Å². The molecule has 0 saturated carbocycles. The predicted octanol–water partition coefficient (Wildman–Crippen LogP) is 4.46. The maximum Gasteiger partial charge on any atom is 0.220 e. The summed E-state index contributed by atoms with van der Waals surface area (Å²) in [4.78, 5) is 21.0. The summed E-state index contributed by atoms with van der Waals surface area (Å²) in [5.74, 6) is 1.74. The highest BCUT2D eigenvalue weighted by Gasteiger charge is 2.17. The number of piperazine rings is 1. The summed E-state index contributed by atoms with van der Waals surface area (Å²) in [6.07, 6.45) is 6.11. The van der Waals surface area contributed by atoms with Gasteiger partial charge in [0.2, 0.25) is 5.91 Å². The van der Waals surface area contributed by atoms with Crippen LogP contribution in [-0.4, -0.2) is 47.5 Å². The molecule has 34 heavy (non-hydrogen) atoms. The molecule has 4 rings (SSSR count). The minimum atomic E-state index is 0.119. The maximum atomic E-state index is 11.7. The maximum absolute atomic E-state index is 11.7. The van der Waals surface area contributed by atoms with Gasteiger partial charge in [0.25, 0.3) is 0 Å². The minimum absolute atomic E-state index is 0.119. The van der Waals surface area contributed by atoms with Crippen molar-refractivity contribution < 1.29 is 4.79 Å². The number of halogens is 1. The van der Waals surface area contributed by atoms with Crippen molar-refractivity contribution in [1.29, 1.82) is 0 Å². The second kappa shape index (κ2) is 11.9. The Kier molecular flexibility index (Phi) is 8.47. The number of aryl methyl sites for hydroxylation is 1. The second-order valence-corrected chi connectivity index (χ2v) is 9.12. The molecule has 1 aromatic heterocycles. The van der Waals surface area contributed by atoms with Gasteiger partial charge in [-0.3, -0.25) is 4.79 Å². The molecule has 3 aromatic rings. The van der Waals surface area contributed by atoms with Gasteiger partial charge in [-0.15, -0.1) is 11.6 Å². The first kappa shape index (κ1) is 24.1. The quantitative estimate of drug-likeness (QED) is 0.436. The zero-order valence-electron chi connectivity index (χ0n) is 19.9. The number of aromatic nitrogens is 2. The van der Waals surface area contributed by atoms with E-state index in [2.05, 4.69) is 73.2 Å². The van der Waals surface area contributed by atoms with Crippen LogP contribution in [0.25, 0.3) is 0 Å². The number of rotatable bonds is 10. The van der Waals surface area contributed by atoms with Gasteiger partial charge in [-0.2, -0.15) is 0 Å². The van der Waals surface area contributed by atoms with E-state index in [4.69, 9.17) is 11.6 Å². The third-order valence-electron chi connectivity index (χ3n) is 6.32. The Labute approximate surface area is 207 Å². The van der Waals surface area contributed by atoms with Crippen LogP contribution in [-0.2, 0) is 24.3 Å². The van der Waals surface area contributed by atoms with Gasteiger partial charge in [-0.05, 0) is 41.8 Å². The zero-order chi connectivity index (χ0) is 23.8. The van der Waals surface area contributed by atoms with E-state index in [1.165, 1.54) is 16.9 Å². The lowest BCUT2D eigenvalue weighted by Crippen LogP contribution is -2.46. The largest absolute Gasteiger partial charge is 0.368 e. The fourth-order valence-corrected chi connectivity index (χ4v) is 4.54. The first-order valence-corrected chi connectivity index (χ1v) is 12.7. The van der Waals surface area contributed by atoms with E-state index >= 15 is 0 Å². The third kappa shape index (κ3) is 6.32. The Morgan fingerprint density at radius 3 is 2.09 bits per heavy atom. The molecule has 1 saturated heterocycles. The summed E-state index contributed by atoms with van der Waals surface area (Å²) < 4.78 is 2.17. The number of carbonyl (C=O) groups is 1. The highest BCUT2D eigenvalue weighted by Crippen LogP contribution is 2.22. The lowest BCUT2D eigenvalue weighted by molar-refractivity contribution is -0.121. The summed E-state index contributed by atoms with van der Waals surface area (Å²) in [6, 6.07) is 17.4. The average molecular weight is 480 g/mol. The lowest BCUT2D eigenvalue weighted by atomic mass is 10.1. The first-order chi connectivity index (χ1) is 16.7. The predicted molar refractivity (Wildman–Crippen MR) is 140 cm³/mol. The highest BCUT2D eigenvalue weighted by atomic mass is 35.5. The molecule has 7 heteroatoms. The van der Waals surface area contributed by atoms with Crippen LogP contribution in [0.15, 0.2) is 60.9 Å². The summed E-state index contributed by atoms with van der Waals surface area (Å²) in [5.41, 5.74) is 4.92. The van der Waals surface area contributed by atoms with E-state index in [-0.39, 0.29) is 5.91 Å². The molecular weight excluding hydrogens is 446 g/mol. The van der Waals surface area contributed by atoms with Gasteiger partial charge in [0.05, 0.1) is 0 Å². The molecular formula is C27H34ClN5O. The molecule has 2 heterocycles. The van der Waals surface area contributed by atoms with E-state index in [0.29, 0.717) is 18.8 Å². The molecule has 0 atom stereocenters. The Morgan fingerprint density at radius 2 is 1.53 bits per heavy atom. The Hall–Kier alpha value is -2.99. The molecule has 1 aliphatic heterocycles. The number of amides is 1.